The maximum Gasteiger partial charge on any atom is 0.225 e. The maximum atomic E-state index is 12.0. The fraction of sp³-hybridized carbons (Fsp3) is 0.667. The summed E-state index contributed by atoms with van der Waals surface area (Å²) in [7, 11) is 0. The monoisotopic (exact) mass is 274 g/mol. The molecule has 0 radical (unpaired) electrons. The number of anilines is 1. The average Bonchev–Trinajstić information content (AvgIpc) is 2.46. The molecule has 0 saturated carbocycles. The smallest absolute Gasteiger partial charge is 0.225 e. The number of nitrogens with zero attached hydrogens (tertiary/aromatic N) is 4. The quantitative estimate of drug-likeness (QED) is 0.815. The number of fused-ring (bicyclic) bond motifs is 1. The highest BCUT2D eigenvalue weighted by Gasteiger charge is 2.26. The molecule has 0 amide bonds. The predicted octanol–water partition coefficient (Wildman–Crippen LogP) is 1.38. The van der Waals surface area contributed by atoms with Crippen molar-refractivity contribution in [3.05, 3.63) is 17.5 Å². The summed E-state index contributed by atoms with van der Waals surface area (Å²) in [5.74, 6) is 1.39. The lowest BCUT2D eigenvalue weighted by Gasteiger charge is -2.34. The fourth-order valence-corrected chi connectivity index (χ4v) is 3.04. The molecule has 1 fully saturated rings. The van der Waals surface area contributed by atoms with Crippen molar-refractivity contribution in [1.29, 1.82) is 0 Å². The molecule has 5 heteroatoms. The van der Waals surface area contributed by atoms with Gasteiger partial charge in [-0.1, -0.05) is 13.8 Å². The number of hydrogen-bond acceptors (Lipinski definition) is 5. The maximum absolute atomic E-state index is 12.0. The third-order valence-corrected chi connectivity index (χ3v) is 4.33. The van der Waals surface area contributed by atoms with Crippen LogP contribution in [-0.4, -0.2) is 53.4 Å². The van der Waals surface area contributed by atoms with Crippen LogP contribution in [0.25, 0.3) is 0 Å². The second-order valence-electron chi connectivity index (χ2n) is 5.89. The van der Waals surface area contributed by atoms with Gasteiger partial charge in [-0.2, -0.15) is 0 Å². The highest BCUT2D eigenvalue weighted by molar-refractivity contribution is 5.98. The summed E-state index contributed by atoms with van der Waals surface area (Å²) in [4.78, 5) is 25.7. The molecule has 1 aliphatic heterocycles. The van der Waals surface area contributed by atoms with E-state index in [4.69, 9.17) is 0 Å². The van der Waals surface area contributed by atoms with E-state index >= 15 is 0 Å². The standard InChI is InChI=1S/C15H22N4O/c1-3-18-4-6-19(7-5-18)15-16-10-12-13(17-15)8-11(2)9-14(12)20/h10-11H,3-9H2,1-2H3. The van der Waals surface area contributed by atoms with Crippen LogP contribution in [-0.2, 0) is 6.42 Å². The molecule has 2 heterocycles. The first-order valence-electron chi connectivity index (χ1n) is 7.53. The lowest BCUT2D eigenvalue weighted by atomic mass is 9.88. The first kappa shape index (κ1) is 13.5. The number of carbonyl (C=O) groups is 1. The highest BCUT2D eigenvalue weighted by atomic mass is 16.1. The molecule has 0 N–H and O–H groups in total. The van der Waals surface area contributed by atoms with Crippen LogP contribution in [0.4, 0.5) is 5.95 Å². The van der Waals surface area contributed by atoms with Crippen LogP contribution in [0.5, 0.6) is 0 Å². The SMILES string of the molecule is CCN1CCN(c2ncc3c(n2)CC(C)CC3=O)CC1. The molecule has 2 aliphatic rings. The van der Waals surface area contributed by atoms with Gasteiger partial charge in [-0.25, -0.2) is 9.97 Å². The molecule has 0 bridgehead atoms. The van der Waals surface area contributed by atoms with Gasteiger partial charge in [-0.3, -0.25) is 4.79 Å². The Morgan fingerprint density at radius 2 is 2.00 bits per heavy atom. The van der Waals surface area contributed by atoms with Gasteiger partial charge in [0.1, 0.15) is 0 Å². The number of carbonyl (C=O) groups excluding carboxylic acids is 1. The Kier molecular flexibility index (Phi) is 3.70. The molecule has 3 rings (SSSR count). The predicted molar refractivity (Wildman–Crippen MR) is 78.2 cm³/mol. The van der Waals surface area contributed by atoms with Crippen molar-refractivity contribution in [1.82, 2.24) is 14.9 Å². The Morgan fingerprint density at radius 3 is 2.70 bits per heavy atom. The molecular weight excluding hydrogens is 252 g/mol. The molecule has 1 saturated heterocycles. The number of likely N-dealkylation sites (N-methyl/N-ethyl adjacent to an activating group) is 1. The highest BCUT2D eigenvalue weighted by Crippen LogP contribution is 2.25. The van der Waals surface area contributed by atoms with Crippen molar-refractivity contribution in [3.8, 4) is 0 Å². The summed E-state index contributed by atoms with van der Waals surface area (Å²) in [6, 6.07) is 0. The molecule has 1 unspecified atom stereocenters. The average molecular weight is 274 g/mol. The molecule has 20 heavy (non-hydrogen) atoms. The van der Waals surface area contributed by atoms with Crippen LogP contribution >= 0.6 is 0 Å². The van der Waals surface area contributed by atoms with Gasteiger partial charge >= 0.3 is 0 Å². The Bertz CT molecular complexity index is 509. The van der Waals surface area contributed by atoms with E-state index in [9.17, 15) is 4.79 Å². The summed E-state index contributed by atoms with van der Waals surface area (Å²) in [5, 5.41) is 0. The van der Waals surface area contributed by atoms with Gasteiger partial charge in [0.15, 0.2) is 5.78 Å². The molecule has 0 aromatic carbocycles. The summed E-state index contributed by atoms with van der Waals surface area (Å²) >= 11 is 0. The van der Waals surface area contributed by atoms with Crippen molar-refractivity contribution in [3.63, 3.8) is 0 Å². The molecular formula is C15H22N4O. The second kappa shape index (κ2) is 5.48. The Balaban J connectivity index is 1.79. The van der Waals surface area contributed by atoms with Crippen molar-refractivity contribution < 1.29 is 4.79 Å². The number of aromatic nitrogens is 2. The van der Waals surface area contributed by atoms with Gasteiger partial charge in [-0.15, -0.1) is 0 Å². The molecule has 1 aromatic heterocycles. The zero-order valence-corrected chi connectivity index (χ0v) is 12.3. The van der Waals surface area contributed by atoms with Crippen LogP contribution in [0.3, 0.4) is 0 Å². The van der Waals surface area contributed by atoms with Crippen LogP contribution in [0.2, 0.25) is 0 Å². The number of piperazine rings is 1. The van der Waals surface area contributed by atoms with E-state index < -0.39 is 0 Å². The summed E-state index contributed by atoms with van der Waals surface area (Å²) in [6.07, 6.45) is 3.26. The summed E-state index contributed by atoms with van der Waals surface area (Å²) in [6.45, 7) is 9.47. The number of hydrogen-bond donors (Lipinski definition) is 0. The minimum atomic E-state index is 0.195. The summed E-state index contributed by atoms with van der Waals surface area (Å²) < 4.78 is 0. The van der Waals surface area contributed by atoms with Crippen LogP contribution in [0.15, 0.2) is 6.20 Å². The second-order valence-corrected chi connectivity index (χ2v) is 5.89. The van der Waals surface area contributed by atoms with E-state index in [1.807, 2.05) is 0 Å². The third-order valence-electron chi connectivity index (χ3n) is 4.33. The molecule has 5 nitrogen and oxygen atoms in total. The zero-order chi connectivity index (χ0) is 14.1. The van der Waals surface area contributed by atoms with Gasteiger partial charge < -0.3 is 9.80 Å². The zero-order valence-electron chi connectivity index (χ0n) is 12.3. The molecule has 1 atom stereocenters. The number of rotatable bonds is 2. The van der Waals surface area contributed by atoms with Crippen LogP contribution < -0.4 is 4.90 Å². The first-order chi connectivity index (χ1) is 9.67. The lowest BCUT2D eigenvalue weighted by molar-refractivity contribution is 0.0951. The van der Waals surface area contributed by atoms with E-state index in [0.29, 0.717) is 12.3 Å². The first-order valence-corrected chi connectivity index (χ1v) is 7.53. The summed E-state index contributed by atoms with van der Waals surface area (Å²) in [5.41, 5.74) is 1.68. The van der Waals surface area contributed by atoms with Crippen LogP contribution in [0.1, 0.15) is 36.3 Å². The van der Waals surface area contributed by atoms with Gasteiger partial charge in [0.25, 0.3) is 0 Å². The number of Topliss-reactive ketones (excluding diaryl/α,β-unsaturated/α-hetero) is 1. The lowest BCUT2D eigenvalue weighted by Crippen LogP contribution is -2.46. The van der Waals surface area contributed by atoms with Gasteiger partial charge in [0, 0.05) is 38.8 Å². The molecule has 1 aromatic rings. The van der Waals surface area contributed by atoms with Crippen molar-refractivity contribution in [2.24, 2.45) is 5.92 Å². The van der Waals surface area contributed by atoms with Crippen LogP contribution in [0, 0.1) is 5.92 Å². The van der Waals surface area contributed by atoms with Crippen molar-refractivity contribution >= 4 is 11.7 Å². The Labute approximate surface area is 120 Å². The molecule has 1 aliphatic carbocycles. The Hall–Kier alpha value is -1.49. The normalized spacial score (nSPS) is 23.8. The minimum Gasteiger partial charge on any atom is -0.338 e. The number of ketones is 1. The topological polar surface area (TPSA) is 49.3 Å². The van der Waals surface area contributed by atoms with E-state index in [2.05, 4.69) is 33.6 Å². The van der Waals surface area contributed by atoms with Gasteiger partial charge in [0.05, 0.1) is 11.3 Å². The molecule has 108 valence electrons. The third kappa shape index (κ3) is 2.54. The minimum absolute atomic E-state index is 0.195. The molecule has 0 spiro atoms. The van der Waals surface area contributed by atoms with E-state index in [1.165, 1.54) is 0 Å². The van der Waals surface area contributed by atoms with Crippen molar-refractivity contribution in [2.75, 3.05) is 37.6 Å². The van der Waals surface area contributed by atoms with Crippen molar-refractivity contribution in [2.45, 2.75) is 26.7 Å². The van der Waals surface area contributed by atoms with Gasteiger partial charge in [-0.05, 0) is 18.9 Å². The Morgan fingerprint density at radius 1 is 1.25 bits per heavy atom. The largest absolute Gasteiger partial charge is 0.338 e. The van der Waals surface area contributed by atoms with E-state index in [-0.39, 0.29) is 5.78 Å². The van der Waals surface area contributed by atoms with E-state index in [0.717, 1.165) is 56.4 Å². The van der Waals surface area contributed by atoms with Gasteiger partial charge in [0.2, 0.25) is 5.95 Å². The fourth-order valence-electron chi connectivity index (χ4n) is 3.04. The van der Waals surface area contributed by atoms with E-state index in [1.54, 1.807) is 6.20 Å².